The van der Waals surface area contributed by atoms with Gasteiger partial charge in [-0.15, -0.1) is 6.42 Å². The van der Waals surface area contributed by atoms with E-state index >= 15 is 0 Å². The van der Waals surface area contributed by atoms with Gasteiger partial charge in [-0.1, -0.05) is 5.92 Å². The van der Waals surface area contributed by atoms with Gasteiger partial charge in [0.05, 0.1) is 23.6 Å². The van der Waals surface area contributed by atoms with Crippen LogP contribution >= 0.6 is 38.5 Å². The molecule has 1 aliphatic heterocycles. The van der Waals surface area contributed by atoms with Crippen molar-refractivity contribution in [3.8, 4) is 12.3 Å². The number of terminal acetylenes is 1. The van der Waals surface area contributed by atoms with Gasteiger partial charge in [0.15, 0.2) is 9.84 Å². The van der Waals surface area contributed by atoms with Crippen LogP contribution in [0.15, 0.2) is 22.7 Å². The van der Waals surface area contributed by atoms with E-state index in [1.54, 1.807) is 12.1 Å². The quantitative estimate of drug-likeness (QED) is 0.491. The number of amides is 1. The number of nitrogens with zero attached hydrogens (tertiary/aromatic N) is 1. The van der Waals surface area contributed by atoms with Crippen molar-refractivity contribution in [2.75, 3.05) is 18.1 Å². The van der Waals surface area contributed by atoms with Crippen LogP contribution in [0.1, 0.15) is 16.8 Å². The molecule has 2 rings (SSSR count). The lowest BCUT2D eigenvalue weighted by Crippen LogP contribution is -2.41. The van der Waals surface area contributed by atoms with Crippen molar-refractivity contribution in [1.82, 2.24) is 4.90 Å². The Labute approximate surface area is 146 Å². The maximum atomic E-state index is 12.7. The topological polar surface area (TPSA) is 54.5 Å². The summed E-state index contributed by atoms with van der Waals surface area (Å²) in [4.78, 5) is 14.2. The number of carbonyl (C=O) groups is 1. The van der Waals surface area contributed by atoms with Gasteiger partial charge in [0.1, 0.15) is 0 Å². The van der Waals surface area contributed by atoms with Crippen LogP contribution in [0.5, 0.6) is 0 Å². The van der Waals surface area contributed by atoms with Gasteiger partial charge in [-0.25, -0.2) is 8.42 Å². The van der Waals surface area contributed by atoms with Crippen molar-refractivity contribution >= 4 is 54.3 Å². The fraction of sp³-hybridized carbons (Fsp3) is 0.357. The van der Waals surface area contributed by atoms with E-state index in [9.17, 15) is 13.2 Å². The lowest BCUT2D eigenvalue weighted by Gasteiger charge is -2.26. The first-order valence-corrected chi connectivity index (χ1v) is 9.93. The summed E-state index contributed by atoms with van der Waals surface area (Å²) in [6.07, 6.45) is 5.78. The third kappa shape index (κ3) is 3.99. The zero-order chi connectivity index (χ0) is 15.6. The van der Waals surface area contributed by atoms with Crippen LogP contribution in [0.4, 0.5) is 0 Å². The number of benzene rings is 1. The van der Waals surface area contributed by atoms with Gasteiger partial charge in [-0.05, 0) is 63.1 Å². The number of carbonyl (C=O) groups excluding carboxylic acids is 1. The molecule has 1 atom stereocenters. The average Bonchev–Trinajstić information content (AvgIpc) is 2.78. The molecule has 112 valence electrons. The van der Waals surface area contributed by atoms with Crippen molar-refractivity contribution in [3.05, 3.63) is 31.8 Å². The highest BCUT2D eigenvalue weighted by atomic mass is 127. The van der Waals surface area contributed by atoms with Crippen molar-refractivity contribution < 1.29 is 13.2 Å². The molecular formula is C14H13BrINO3S. The molecule has 1 fully saturated rings. The molecule has 1 aromatic rings. The van der Waals surface area contributed by atoms with Crippen LogP contribution in [0, 0.1) is 15.9 Å². The van der Waals surface area contributed by atoms with Crippen LogP contribution in [0.2, 0.25) is 0 Å². The molecule has 0 spiro atoms. The van der Waals surface area contributed by atoms with Crippen molar-refractivity contribution in [2.45, 2.75) is 12.5 Å². The molecule has 0 N–H and O–H groups in total. The van der Waals surface area contributed by atoms with Gasteiger partial charge in [0.25, 0.3) is 5.91 Å². The first-order chi connectivity index (χ1) is 9.84. The fourth-order valence-electron chi connectivity index (χ4n) is 2.30. The highest BCUT2D eigenvalue weighted by Crippen LogP contribution is 2.24. The van der Waals surface area contributed by atoms with Gasteiger partial charge < -0.3 is 4.90 Å². The summed E-state index contributed by atoms with van der Waals surface area (Å²) in [5.41, 5.74) is 0.501. The molecule has 0 saturated carbocycles. The molecule has 1 saturated heterocycles. The highest BCUT2D eigenvalue weighted by molar-refractivity contribution is 14.1. The molecule has 0 aromatic heterocycles. The van der Waals surface area contributed by atoms with E-state index in [0.717, 1.165) is 3.57 Å². The Morgan fingerprint density at radius 3 is 2.81 bits per heavy atom. The maximum Gasteiger partial charge on any atom is 0.256 e. The Hall–Kier alpha value is -0.590. The van der Waals surface area contributed by atoms with Crippen LogP contribution in [-0.4, -0.2) is 43.3 Å². The Morgan fingerprint density at radius 1 is 1.52 bits per heavy atom. The van der Waals surface area contributed by atoms with Crippen molar-refractivity contribution in [2.24, 2.45) is 0 Å². The standard InChI is InChI=1S/C14H13BrINO3S/c1-2-6-17(11-5-7-21(19,20)9-11)14(18)12-8-10(16)3-4-13(12)15/h1,3-4,8,11H,5-7,9H2. The Bertz CT molecular complexity index is 711. The van der Waals surface area contributed by atoms with E-state index in [1.807, 2.05) is 6.07 Å². The first kappa shape index (κ1) is 16.8. The summed E-state index contributed by atoms with van der Waals surface area (Å²) < 4.78 is 24.9. The second-order valence-corrected chi connectivity index (χ2v) is 9.15. The van der Waals surface area contributed by atoms with E-state index in [2.05, 4.69) is 44.4 Å². The minimum absolute atomic E-state index is 0.0119. The van der Waals surface area contributed by atoms with E-state index < -0.39 is 9.84 Å². The first-order valence-electron chi connectivity index (χ1n) is 6.24. The Balaban J connectivity index is 2.32. The zero-order valence-electron chi connectivity index (χ0n) is 11.1. The van der Waals surface area contributed by atoms with E-state index in [-0.39, 0.29) is 30.0 Å². The van der Waals surface area contributed by atoms with Crippen molar-refractivity contribution in [3.63, 3.8) is 0 Å². The van der Waals surface area contributed by atoms with Gasteiger partial charge >= 0.3 is 0 Å². The second-order valence-electron chi connectivity index (χ2n) is 4.82. The van der Waals surface area contributed by atoms with Crippen LogP contribution in [0.25, 0.3) is 0 Å². The molecule has 7 heteroatoms. The summed E-state index contributed by atoms with van der Waals surface area (Å²) in [5, 5.41) is 0. The summed E-state index contributed by atoms with van der Waals surface area (Å²) in [5.74, 6) is 2.31. The largest absolute Gasteiger partial charge is 0.323 e. The highest BCUT2D eigenvalue weighted by Gasteiger charge is 2.35. The third-order valence-electron chi connectivity index (χ3n) is 3.33. The van der Waals surface area contributed by atoms with Crippen LogP contribution < -0.4 is 0 Å². The molecule has 1 unspecified atom stereocenters. The summed E-state index contributed by atoms with van der Waals surface area (Å²) >= 11 is 5.49. The molecule has 1 aromatic carbocycles. The SMILES string of the molecule is C#CCN(C(=O)c1cc(I)ccc1Br)C1CCS(=O)(=O)C1. The van der Waals surface area contributed by atoms with Crippen LogP contribution in [-0.2, 0) is 9.84 Å². The number of sulfone groups is 1. The van der Waals surface area contributed by atoms with Gasteiger partial charge in [-0.3, -0.25) is 4.79 Å². The maximum absolute atomic E-state index is 12.7. The Kier molecular flexibility index (Phi) is 5.33. The summed E-state index contributed by atoms with van der Waals surface area (Å²) in [6.45, 7) is 0.108. The number of hydrogen-bond donors (Lipinski definition) is 0. The summed E-state index contributed by atoms with van der Waals surface area (Å²) in [6, 6.07) is 5.10. The van der Waals surface area contributed by atoms with Crippen molar-refractivity contribution in [1.29, 1.82) is 0 Å². The van der Waals surface area contributed by atoms with E-state index in [0.29, 0.717) is 16.5 Å². The van der Waals surface area contributed by atoms with Gasteiger partial charge in [0.2, 0.25) is 0 Å². The Morgan fingerprint density at radius 2 is 2.24 bits per heavy atom. The fourth-order valence-corrected chi connectivity index (χ4v) is 4.94. The molecule has 1 aliphatic rings. The minimum atomic E-state index is -3.07. The smallest absolute Gasteiger partial charge is 0.256 e. The number of hydrogen-bond acceptors (Lipinski definition) is 3. The van der Waals surface area contributed by atoms with Gasteiger partial charge in [-0.2, -0.15) is 0 Å². The lowest BCUT2D eigenvalue weighted by molar-refractivity contribution is 0.0723. The molecule has 1 amide bonds. The summed E-state index contributed by atoms with van der Waals surface area (Å²) in [7, 11) is -3.07. The molecule has 0 radical (unpaired) electrons. The van der Waals surface area contributed by atoms with Crippen LogP contribution in [0.3, 0.4) is 0 Å². The molecule has 4 nitrogen and oxygen atoms in total. The third-order valence-corrected chi connectivity index (χ3v) is 6.44. The predicted molar refractivity (Wildman–Crippen MR) is 93.8 cm³/mol. The molecular weight excluding hydrogens is 469 g/mol. The molecule has 1 heterocycles. The predicted octanol–water partition coefficient (Wildman–Crippen LogP) is 2.32. The van der Waals surface area contributed by atoms with Gasteiger partial charge in [0, 0.05) is 14.1 Å². The van der Waals surface area contributed by atoms with E-state index in [4.69, 9.17) is 6.42 Å². The lowest BCUT2D eigenvalue weighted by atomic mass is 10.1. The molecule has 0 bridgehead atoms. The minimum Gasteiger partial charge on any atom is -0.323 e. The molecule has 21 heavy (non-hydrogen) atoms. The normalized spacial score (nSPS) is 20.0. The molecule has 0 aliphatic carbocycles. The monoisotopic (exact) mass is 481 g/mol. The number of halogens is 2. The zero-order valence-corrected chi connectivity index (χ0v) is 15.6. The van der Waals surface area contributed by atoms with E-state index in [1.165, 1.54) is 4.90 Å². The second kappa shape index (κ2) is 6.67. The average molecular weight is 482 g/mol. The number of rotatable bonds is 3.